The third-order valence-corrected chi connectivity index (χ3v) is 21.7. The fourth-order valence-corrected chi connectivity index (χ4v) is 13.8. The number of aliphatic hydroxyl groups is 2. The van der Waals surface area contributed by atoms with Gasteiger partial charge in [0.05, 0.1) is 95.1 Å². The second-order valence-corrected chi connectivity index (χ2v) is 36.6. The molecule has 118 heavy (non-hydrogen) atoms. The zero-order valence-electron chi connectivity index (χ0n) is 74.8. The minimum atomic E-state index is -5.10. The van der Waals surface area contributed by atoms with Crippen molar-refractivity contribution >= 4 is 54.9 Å². The van der Waals surface area contributed by atoms with E-state index in [-0.39, 0.29) is 48.7 Å². The van der Waals surface area contributed by atoms with Gasteiger partial charge in [0.1, 0.15) is 0 Å². The van der Waals surface area contributed by atoms with E-state index in [0.717, 1.165) is 128 Å². The van der Waals surface area contributed by atoms with Crippen molar-refractivity contribution in [2.45, 2.75) is 439 Å². The van der Waals surface area contributed by atoms with E-state index < -0.39 is 81.9 Å². The molecule has 0 heterocycles. The van der Waals surface area contributed by atoms with Gasteiger partial charge in [-0.15, -0.1) is 0 Å². The maximum absolute atomic E-state index is 12.0. The lowest BCUT2D eigenvalue weighted by atomic mass is 10.0. The number of hydrogen-bond acceptors (Lipinski definition) is 22. The first kappa shape index (κ1) is 121. The topological polar surface area (TPSA) is 447 Å². The molecule has 0 bridgehead atoms. The smallest absolute Gasteiger partial charge is 0.220 e. The molecule has 0 radical (unpaired) electrons. The van der Waals surface area contributed by atoms with Gasteiger partial charge in [0.2, 0.25) is 23.6 Å². The number of hydrogen-bond donors (Lipinski definition) is 6. The molecule has 6 N–H and O–H groups in total. The summed E-state index contributed by atoms with van der Waals surface area (Å²) < 4.78 is 58.8. The molecular formula is C88H168N4O22P4-8. The highest BCUT2D eigenvalue weighted by atomic mass is 31.2. The van der Waals surface area contributed by atoms with Gasteiger partial charge in [0.15, 0.2) is 0 Å². The molecule has 0 aliphatic carbocycles. The third-order valence-electron chi connectivity index (χ3n) is 19.8. The van der Waals surface area contributed by atoms with Crippen LogP contribution in [0.15, 0.2) is 48.6 Å². The van der Waals surface area contributed by atoms with Crippen LogP contribution < -0.4 is 60.4 Å². The predicted octanol–water partition coefficient (Wildman–Crippen LogP) is 16.7. The first-order valence-electron chi connectivity index (χ1n) is 45.9. The molecule has 700 valence electrons. The van der Waals surface area contributed by atoms with E-state index in [0.29, 0.717) is 25.7 Å². The Bertz CT molecular complexity index is 2430. The van der Waals surface area contributed by atoms with Crippen LogP contribution in [-0.2, 0) is 55.5 Å². The number of unbranched alkanes of at least 4 members (excludes halogenated alkanes) is 44. The van der Waals surface area contributed by atoms with E-state index in [1.165, 1.54) is 205 Å². The number of phosphoric acid groups is 4. The zero-order valence-corrected chi connectivity index (χ0v) is 78.3. The quantitative estimate of drug-likeness (QED) is 0.0187. The Labute approximate surface area is 716 Å². The van der Waals surface area contributed by atoms with Gasteiger partial charge in [-0.2, -0.15) is 0 Å². The first-order valence-corrected chi connectivity index (χ1v) is 51.8. The van der Waals surface area contributed by atoms with Gasteiger partial charge in [0, 0.05) is 25.7 Å². The lowest BCUT2D eigenvalue weighted by Crippen LogP contribution is -2.42. The van der Waals surface area contributed by atoms with Crippen molar-refractivity contribution in [3.8, 4) is 0 Å². The van der Waals surface area contributed by atoms with E-state index in [9.17, 15) is 76.6 Å². The second-order valence-electron chi connectivity index (χ2n) is 32.0. The lowest BCUT2D eigenvalue weighted by Gasteiger charge is -2.32. The second kappa shape index (κ2) is 87.7. The first-order chi connectivity index (χ1) is 56.3. The van der Waals surface area contributed by atoms with Crippen LogP contribution >= 0.6 is 31.3 Å². The van der Waals surface area contributed by atoms with Crippen LogP contribution in [-0.4, -0.2) is 97.7 Å². The summed E-state index contributed by atoms with van der Waals surface area (Å²) in [6.45, 7) is 13.7. The summed E-state index contributed by atoms with van der Waals surface area (Å²) in [5.41, 5.74) is 0. The molecule has 0 unspecified atom stereocenters. The summed E-state index contributed by atoms with van der Waals surface area (Å²) in [6, 6.07) is -2.72. The molecule has 0 fully saturated rings. The maximum atomic E-state index is 12.0. The van der Waals surface area contributed by atoms with Gasteiger partial charge in [0.25, 0.3) is 0 Å². The minimum Gasteiger partial charge on any atom is -0.790 e. The summed E-state index contributed by atoms with van der Waals surface area (Å²) in [5.74, 6) is -0.846. The Morgan fingerprint density at radius 1 is 0.263 bits per heavy atom. The Hall–Kier alpha value is -2.80. The van der Waals surface area contributed by atoms with Crippen LogP contribution in [0.4, 0.5) is 0 Å². The number of carbonyl (C=O) groups is 4. The summed E-state index contributed by atoms with van der Waals surface area (Å²) >= 11 is 0. The summed E-state index contributed by atoms with van der Waals surface area (Å²) in [7, 11) is -20.2. The van der Waals surface area contributed by atoms with Gasteiger partial charge in [-0.3, -0.25) is 19.2 Å². The van der Waals surface area contributed by atoms with E-state index in [1.54, 1.807) is 0 Å². The van der Waals surface area contributed by atoms with Crippen LogP contribution in [0.5, 0.6) is 0 Å². The van der Waals surface area contributed by atoms with Crippen LogP contribution in [0.3, 0.4) is 0 Å². The Morgan fingerprint density at radius 2 is 0.424 bits per heavy atom. The number of phosphoric ester groups is 4. The Morgan fingerprint density at radius 3 is 0.593 bits per heavy atom. The van der Waals surface area contributed by atoms with Crippen molar-refractivity contribution in [1.29, 1.82) is 0 Å². The standard InChI is InChI=1S/2C23H46NO5P.2C21H42NO6P/c2*1-4-5-6-7-8-9-10-11-12-13-14-15-16-17-18-19-23(25)24-22(21(2)3)20-29-30(26,27)28;2*1-2-3-4-5-6-7-8-9-10-11-12-13-14-15-16-17-21(24)22-20(18-23)19-28-29(25,26)27/h2*11-12,21-22H,4-10,13-20H2,1-3H3,(H,24,25)(H2,26,27,28);2*9-10,20,23H,2-8,11-19H2,1H3,(H,22,24)(H2,25,26,27)/p-8/b2*12-11-;2*10-9-/t2*22-;2*20-/m1010/s1. The Balaban J connectivity index is -0.000000734. The van der Waals surface area contributed by atoms with Crippen LogP contribution in [0.2, 0.25) is 0 Å². The molecule has 4 amide bonds. The SMILES string of the molecule is CCCCCCCC/C=C\CCCCCCCC(=O)N[C@@H](CO)COP(=O)([O-])[O-].CCCCCCCC/C=C\CCCCCCCC(=O)N[C@@H](COP(=O)([O-])[O-])C(C)C.CCCCCCCC/C=C\CCCCCCCC(=O)N[C@H](CO)COP(=O)([O-])[O-].CCCCCCCC/C=C\CCCCCCCC(=O)N[C@H](COP(=O)([O-])[O-])C(C)C. The fraction of sp³-hybridized carbons (Fsp3) is 0.864. The molecule has 0 aliphatic heterocycles. The summed E-state index contributed by atoms with van der Waals surface area (Å²) in [6.07, 6.45) is 81.9. The fourth-order valence-electron chi connectivity index (χ4n) is 12.4. The molecule has 0 aliphatic rings. The molecule has 0 aromatic rings. The van der Waals surface area contributed by atoms with E-state index in [1.807, 2.05) is 27.7 Å². The highest BCUT2D eigenvalue weighted by Crippen LogP contribution is 2.28. The number of nitrogens with one attached hydrogen (secondary N) is 4. The molecule has 30 heteroatoms. The van der Waals surface area contributed by atoms with Gasteiger partial charge >= 0.3 is 0 Å². The molecule has 0 saturated heterocycles. The van der Waals surface area contributed by atoms with Crippen molar-refractivity contribution < 1.29 is 105 Å². The maximum Gasteiger partial charge on any atom is 0.220 e. The van der Waals surface area contributed by atoms with Gasteiger partial charge < -0.3 is 107 Å². The zero-order chi connectivity index (χ0) is 88.9. The minimum absolute atomic E-state index is 0.0189. The average Bonchev–Trinajstić information content (AvgIpc) is 0.936. The summed E-state index contributed by atoms with van der Waals surface area (Å²) in [5, 5.41) is 28.6. The lowest BCUT2D eigenvalue weighted by molar-refractivity contribution is -0.344. The average molecular weight is 1760 g/mol. The van der Waals surface area contributed by atoms with E-state index in [4.69, 9.17) is 10.2 Å². The number of aliphatic hydroxyl groups excluding tert-OH is 2. The van der Waals surface area contributed by atoms with Gasteiger partial charge in [-0.05, 0) is 140 Å². The number of carbonyl (C=O) groups excluding carboxylic acids is 4. The highest BCUT2D eigenvalue weighted by Gasteiger charge is 2.19. The molecule has 0 aromatic heterocycles. The molecule has 0 saturated carbocycles. The molecule has 0 rings (SSSR count). The van der Waals surface area contributed by atoms with Crippen LogP contribution in [0.25, 0.3) is 0 Å². The van der Waals surface area contributed by atoms with Crippen LogP contribution in [0.1, 0.15) is 415 Å². The number of rotatable bonds is 80. The third kappa shape index (κ3) is 104. The molecule has 0 aromatic carbocycles. The van der Waals surface area contributed by atoms with Crippen LogP contribution in [0, 0.1) is 11.8 Å². The summed E-state index contributed by atoms with van der Waals surface area (Å²) in [4.78, 5) is 132. The normalized spacial score (nSPS) is 13.2. The van der Waals surface area contributed by atoms with Crippen molar-refractivity contribution in [3.05, 3.63) is 48.6 Å². The molecular weight excluding hydrogens is 1590 g/mol. The van der Waals surface area contributed by atoms with E-state index in [2.05, 4.69) is 116 Å². The van der Waals surface area contributed by atoms with Gasteiger partial charge in [-0.1, -0.05) is 309 Å². The number of allylic oxidation sites excluding steroid dienone is 8. The van der Waals surface area contributed by atoms with Crippen molar-refractivity contribution in [2.24, 2.45) is 11.8 Å². The largest absolute Gasteiger partial charge is 0.790 e. The van der Waals surface area contributed by atoms with Crippen molar-refractivity contribution in [1.82, 2.24) is 21.3 Å². The van der Waals surface area contributed by atoms with Gasteiger partial charge in [-0.25, -0.2) is 0 Å². The molecule has 26 nitrogen and oxygen atoms in total. The molecule has 4 atom stereocenters. The van der Waals surface area contributed by atoms with Crippen molar-refractivity contribution in [3.63, 3.8) is 0 Å². The Kier molecular flexibility index (Phi) is 90.3. The highest BCUT2D eigenvalue weighted by molar-refractivity contribution is 7.43. The monoisotopic (exact) mass is 1760 g/mol. The molecule has 0 spiro atoms. The number of amides is 4. The predicted molar refractivity (Wildman–Crippen MR) is 464 cm³/mol. The van der Waals surface area contributed by atoms with E-state index >= 15 is 0 Å². The van der Waals surface area contributed by atoms with Crippen molar-refractivity contribution in [2.75, 3.05) is 39.6 Å².